The molecule has 1 aromatic heterocycles. The lowest BCUT2D eigenvalue weighted by Crippen LogP contribution is -2.36. The molecular formula is C20H24N4O2. The molecule has 6 nitrogen and oxygen atoms in total. The molecule has 0 atom stereocenters. The molecule has 6 heteroatoms. The third-order valence-corrected chi connectivity index (χ3v) is 4.85. The van der Waals surface area contributed by atoms with Crippen LogP contribution in [0.3, 0.4) is 0 Å². The van der Waals surface area contributed by atoms with Crippen LogP contribution in [0.5, 0.6) is 5.75 Å². The maximum Gasteiger partial charge on any atom is 0.129 e. The predicted molar refractivity (Wildman–Crippen MR) is 102 cm³/mol. The summed E-state index contributed by atoms with van der Waals surface area (Å²) in [4.78, 5) is 6.63. The molecule has 26 heavy (non-hydrogen) atoms. The molecule has 1 aromatic carbocycles. The fourth-order valence-corrected chi connectivity index (χ4v) is 3.04. The zero-order valence-electron chi connectivity index (χ0n) is 14.8. The van der Waals surface area contributed by atoms with E-state index in [1.54, 1.807) is 6.20 Å². The number of hydrogen-bond donors (Lipinski definition) is 2. The highest BCUT2D eigenvalue weighted by atomic mass is 16.5. The Bertz CT molecular complexity index is 798. The van der Waals surface area contributed by atoms with Gasteiger partial charge >= 0.3 is 0 Å². The molecule has 2 aromatic rings. The van der Waals surface area contributed by atoms with Gasteiger partial charge in [-0.1, -0.05) is 0 Å². The molecule has 0 spiro atoms. The van der Waals surface area contributed by atoms with Crippen molar-refractivity contribution >= 4 is 17.2 Å². The van der Waals surface area contributed by atoms with Crippen molar-refractivity contribution in [2.24, 2.45) is 5.92 Å². The number of nitrogens with zero attached hydrogens (tertiary/aromatic N) is 2. The number of aromatic nitrogens is 1. The van der Waals surface area contributed by atoms with Gasteiger partial charge in [0, 0.05) is 36.1 Å². The molecule has 2 fully saturated rings. The summed E-state index contributed by atoms with van der Waals surface area (Å²) in [6.45, 7) is 3.79. The third-order valence-electron chi connectivity index (χ3n) is 4.85. The average molecular weight is 352 g/mol. The normalized spacial score (nSPS) is 17.2. The van der Waals surface area contributed by atoms with Crippen LogP contribution in [-0.4, -0.2) is 43.6 Å². The first-order chi connectivity index (χ1) is 12.7. The first-order valence-corrected chi connectivity index (χ1v) is 9.11. The summed E-state index contributed by atoms with van der Waals surface area (Å²) in [6, 6.07) is 9.36. The highest BCUT2D eigenvalue weighted by Crippen LogP contribution is 2.30. The van der Waals surface area contributed by atoms with Crippen LogP contribution in [0.4, 0.5) is 11.5 Å². The van der Waals surface area contributed by atoms with E-state index < -0.39 is 0 Å². The molecule has 0 unspecified atom stereocenters. The molecule has 4 rings (SSSR count). The van der Waals surface area contributed by atoms with Crippen molar-refractivity contribution in [3.63, 3.8) is 0 Å². The number of nitrogen functional groups attached to an aromatic ring is 1. The molecule has 1 aliphatic heterocycles. The first kappa shape index (κ1) is 16.8. The van der Waals surface area contributed by atoms with Crippen LogP contribution in [0.1, 0.15) is 24.0 Å². The number of anilines is 2. The van der Waals surface area contributed by atoms with Crippen LogP contribution in [0, 0.1) is 11.3 Å². The van der Waals surface area contributed by atoms with Crippen LogP contribution in [0.25, 0.3) is 0 Å². The van der Waals surface area contributed by atoms with E-state index >= 15 is 0 Å². The molecule has 0 bridgehead atoms. The maximum atomic E-state index is 8.64. The number of hydrogen-bond acceptors (Lipinski definition) is 6. The Balaban J connectivity index is 1.55. The number of morpholine rings is 1. The number of nitrogens with two attached hydrogens (primary N) is 1. The molecule has 0 amide bonds. The second-order valence-electron chi connectivity index (χ2n) is 6.88. The second kappa shape index (κ2) is 7.33. The van der Waals surface area contributed by atoms with Crippen molar-refractivity contribution in [3.8, 4) is 5.75 Å². The van der Waals surface area contributed by atoms with E-state index in [4.69, 9.17) is 20.6 Å². The Kier molecular flexibility index (Phi) is 4.75. The smallest absolute Gasteiger partial charge is 0.129 e. The lowest BCUT2D eigenvalue weighted by atomic mass is 10.0. The number of rotatable bonds is 6. The maximum absolute atomic E-state index is 8.64. The molecule has 1 saturated heterocycles. The molecule has 136 valence electrons. The van der Waals surface area contributed by atoms with Gasteiger partial charge in [0.1, 0.15) is 11.6 Å². The van der Waals surface area contributed by atoms with Gasteiger partial charge in [-0.2, -0.15) is 0 Å². The van der Waals surface area contributed by atoms with Crippen LogP contribution in [-0.2, 0) is 4.74 Å². The van der Waals surface area contributed by atoms with Crippen molar-refractivity contribution < 1.29 is 9.47 Å². The third kappa shape index (κ3) is 3.80. The molecule has 1 saturated carbocycles. The Morgan fingerprint density at radius 1 is 1.23 bits per heavy atom. The van der Waals surface area contributed by atoms with E-state index in [-0.39, 0.29) is 0 Å². The average Bonchev–Trinajstić information content (AvgIpc) is 3.52. The van der Waals surface area contributed by atoms with Gasteiger partial charge in [0.05, 0.1) is 25.5 Å². The summed E-state index contributed by atoms with van der Waals surface area (Å²) in [7, 11) is 0. The fraction of sp³-hybridized carbons (Fsp3) is 0.400. The van der Waals surface area contributed by atoms with Crippen LogP contribution < -0.4 is 15.4 Å². The molecule has 2 heterocycles. The Morgan fingerprint density at radius 3 is 2.81 bits per heavy atom. The minimum atomic E-state index is 0.385. The van der Waals surface area contributed by atoms with Gasteiger partial charge in [-0.3, -0.25) is 5.41 Å². The van der Waals surface area contributed by atoms with Crippen LogP contribution in [0.15, 0.2) is 36.5 Å². The SMILES string of the molecule is N=C(c1ccnc(N2CCOCC2)c1)c1cc(OCC2CC2)ccc1N. The minimum Gasteiger partial charge on any atom is -0.493 e. The van der Waals surface area contributed by atoms with Gasteiger partial charge in [0.2, 0.25) is 0 Å². The predicted octanol–water partition coefficient (Wildman–Crippen LogP) is 2.71. The number of nitrogens with one attached hydrogen (secondary N) is 1. The Hall–Kier alpha value is -2.60. The van der Waals surface area contributed by atoms with Gasteiger partial charge in [0.15, 0.2) is 0 Å². The van der Waals surface area contributed by atoms with Crippen LogP contribution in [0.2, 0.25) is 0 Å². The monoisotopic (exact) mass is 352 g/mol. The summed E-state index contributed by atoms with van der Waals surface area (Å²) in [6.07, 6.45) is 4.25. The summed E-state index contributed by atoms with van der Waals surface area (Å²) in [5.74, 6) is 2.33. The summed E-state index contributed by atoms with van der Waals surface area (Å²) < 4.78 is 11.2. The zero-order chi connectivity index (χ0) is 17.9. The lowest BCUT2D eigenvalue weighted by Gasteiger charge is -2.28. The topological polar surface area (TPSA) is 84.5 Å². The van der Waals surface area contributed by atoms with E-state index in [1.807, 2.05) is 30.3 Å². The highest BCUT2D eigenvalue weighted by molar-refractivity contribution is 6.14. The van der Waals surface area contributed by atoms with Crippen LogP contribution >= 0.6 is 0 Å². The van der Waals surface area contributed by atoms with Crippen molar-refractivity contribution in [1.29, 1.82) is 5.41 Å². The zero-order valence-corrected chi connectivity index (χ0v) is 14.8. The largest absolute Gasteiger partial charge is 0.493 e. The summed E-state index contributed by atoms with van der Waals surface area (Å²) >= 11 is 0. The molecule has 0 radical (unpaired) electrons. The van der Waals surface area contributed by atoms with E-state index in [2.05, 4.69) is 9.88 Å². The lowest BCUT2D eigenvalue weighted by molar-refractivity contribution is 0.122. The van der Waals surface area contributed by atoms with E-state index in [9.17, 15) is 0 Å². The number of benzene rings is 1. The molecular weight excluding hydrogens is 328 g/mol. The second-order valence-corrected chi connectivity index (χ2v) is 6.88. The van der Waals surface area contributed by atoms with Crippen molar-refractivity contribution in [2.75, 3.05) is 43.5 Å². The fourth-order valence-electron chi connectivity index (χ4n) is 3.04. The summed E-state index contributed by atoms with van der Waals surface area (Å²) in [5, 5.41) is 8.64. The minimum absolute atomic E-state index is 0.385. The van der Waals surface area contributed by atoms with Gasteiger partial charge in [-0.15, -0.1) is 0 Å². The van der Waals surface area contributed by atoms with Crippen molar-refractivity contribution in [1.82, 2.24) is 4.98 Å². The van der Waals surface area contributed by atoms with Gasteiger partial charge in [-0.25, -0.2) is 4.98 Å². The first-order valence-electron chi connectivity index (χ1n) is 9.11. The molecule has 1 aliphatic carbocycles. The standard InChI is InChI=1S/C20H24N4O2/c21-18-4-3-16(26-13-14-1-2-14)12-17(18)20(22)15-5-6-23-19(11-15)24-7-9-25-10-8-24/h3-6,11-12,14,22H,1-2,7-10,13,21H2. The van der Waals surface area contributed by atoms with E-state index in [0.29, 0.717) is 36.1 Å². The number of ether oxygens (including phenoxy) is 2. The Labute approximate surface area is 153 Å². The van der Waals surface area contributed by atoms with Gasteiger partial charge < -0.3 is 20.1 Å². The highest BCUT2D eigenvalue weighted by Gasteiger charge is 2.22. The van der Waals surface area contributed by atoms with E-state index in [0.717, 1.165) is 36.8 Å². The van der Waals surface area contributed by atoms with E-state index in [1.165, 1.54) is 12.8 Å². The molecule has 2 aliphatic rings. The van der Waals surface area contributed by atoms with Gasteiger partial charge in [-0.05, 0) is 49.1 Å². The van der Waals surface area contributed by atoms with Gasteiger partial charge in [0.25, 0.3) is 0 Å². The molecule has 3 N–H and O–H groups in total. The van der Waals surface area contributed by atoms with Crippen molar-refractivity contribution in [2.45, 2.75) is 12.8 Å². The quantitative estimate of drug-likeness (QED) is 0.617. The summed E-state index contributed by atoms with van der Waals surface area (Å²) in [5.41, 5.74) is 8.60. The number of pyridine rings is 1. The Morgan fingerprint density at radius 2 is 2.04 bits per heavy atom. The van der Waals surface area contributed by atoms with Crippen molar-refractivity contribution in [3.05, 3.63) is 47.7 Å².